The van der Waals surface area contributed by atoms with Crippen LogP contribution in [0.3, 0.4) is 0 Å². The van der Waals surface area contributed by atoms with Crippen LogP contribution in [-0.2, 0) is 0 Å². The van der Waals surface area contributed by atoms with Crippen molar-refractivity contribution in [3.05, 3.63) is 164 Å². The molecule has 0 N–H and O–H groups in total. The van der Waals surface area contributed by atoms with Crippen LogP contribution in [0.15, 0.2) is 173 Å². The Labute approximate surface area is 287 Å². The van der Waals surface area contributed by atoms with Crippen LogP contribution < -0.4 is 0 Å². The van der Waals surface area contributed by atoms with Gasteiger partial charge in [0.1, 0.15) is 22.3 Å². The summed E-state index contributed by atoms with van der Waals surface area (Å²) in [6.07, 6.45) is 3.63. The quantitative estimate of drug-likeness (QED) is 0.187. The zero-order valence-electron chi connectivity index (χ0n) is 26.7. The number of rotatable bonds is 5. The molecule has 4 heterocycles. The number of benzene rings is 6. The molecule has 0 amide bonds. The minimum Gasteiger partial charge on any atom is -0.456 e. The second-order valence-electron chi connectivity index (χ2n) is 12.4. The molecule has 0 radical (unpaired) electrons. The smallest absolute Gasteiger partial charge is 0.164 e. The van der Waals surface area contributed by atoms with Gasteiger partial charge in [0.15, 0.2) is 5.82 Å². The van der Waals surface area contributed by atoms with E-state index < -0.39 is 0 Å². The topological polar surface area (TPSA) is 65.0 Å². The molecule has 5 heteroatoms. The summed E-state index contributed by atoms with van der Waals surface area (Å²) >= 11 is 0. The highest BCUT2D eigenvalue weighted by Gasteiger charge is 2.21. The van der Waals surface area contributed by atoms with Crippen LogP contribution in [0.25, 0.3) is 100 Å². The van der Waals surface area contributed by atoms with E-state index in [9.17, 15) is 0 Å². The van der Waals surface area contributed by atoms with Crippen molar-refractivity contribution in [2.75, 3.05) is 0 Å². The lowest BCUT2D eigenvalue weighted by Gasteiger charge is -2.12. The molecule has 10 aromatic rings. The summed E-state index contributed by atoms with van der Waals surface area (Å²) in [5.41, 5.74) is 12.2. The Morgan fingerprint density at radius 1 is 0.380 bits per heavy atom. The fourth-order valence-corrected chi connectivity index (χ4v) is 7.01. The summed E-state index contributed by atoms with van der Waals surface area (Å²) in [7, 11) is 0. The normalized spacial score (nSPS) is 11.6. The van der Waals surface area contributed by atoms with Gasteiger partial charge < -0.3 is 8.83 Å². The van der Waals surface area contributed by atoms with Crippen LogP contribution in [0.5, 0.6) is 0 Å². The van der Waals surface area contributed by atoms with Crippen LogP contribution in [0.2, 0.25) is 0 Å². The molecule has 234 valence electrons. The van der Waals surface area contributed by atoms with Gasteiger partial charge in [-0.2, -0.15) is 0 Å². The first kappa shape index (κ1) is 28.2. The number of aromatic nitrogens is 3. The van der Waals surface area contributed by atoms with Crippen LogP contribution in [0.1, 0.15) is 0 Å². The number of furan rings is 2. The van der Waals surface area contributed by atoms with E-state index in [0.717, 1.165) is 94.2 Å². The molecule has 5 nitrogen and oxygen atoms in total. The molecule has 0 bridgehead atoms. The minimum absolute atomic E-state index is 0.600. The van der Waals surface area contributed by atoms with Gasteiger partial charge in [0.2, 0.25) is 0 Å². The minimum atomic E-state index is 0.600. The summed E-state index contributed by atoms with van der Waals surface area (Å²) < 4.78 is 12.9. The SMILES string of the molecule is c1ccc(-c2cc(-c3cccc(-c4ccncc4)c3)nc(-c3ccc(-c4ccc5oc6ccccc6c5c4)c4c3oc3ccccc34)n2)cc1. The molecular formula is C45H27N3O2. The molecule has 0 unspecified atom stereocenters. The molecule has 10 rings (SSSR count). The fraction of sp³-hybridized carbons (Fsp3) is 0. The predicted octanol–water partition coefficient (Wildman–Crippen LogP) is 12.0. The Bertz CT molecular complexity index is 2870. The van der Waals surface area contributed by atoms with E-state index in [-0.39, 0.29) is 0 Å². The average molecular weight is 642 g/mol. The van der Waals surface area contributed by atoms with E-state index in [0.29, 0.717) is 5.82 Å². The number of hydrogen-bond donors (Lipinski definition) is 0. The molecular weight excluding hydrogens is 615 g/mol. The molecule has 0 atom stereocenters. The van der Waals surface area contributed by atoms with Gasteiger partial charge in [-0.3, -0.25) is 4.98 Å². The van der Waals surface area contributed by atoms with Gasteiger partial charge in [0.25, 0.3) is 0 Å². The average Bonchev–Trinajstić information content (AvgIpc) is 3.77. The van der Waals surface area contributed by atoms with Crippen molar-refractivity contribution in [2.24, 2.45) is 0 Å². The van der Waals surface area contributed by atoms with E-state index in [1.165, 1.54) is 0 Å². The molecule has 0 saturated heterocycles. The third kappa shape index (κ3) is 4.67. The van der Waals surface area contributed by atoms with Crippen molar-refractivity contribution in [3.8, 4) is 56.2 Å². The van der Waals surface area contributed by atoms with Crippen molar-refractivity contribution in [1.29, 1.82) is 0 Å². The van der Waals surface area contributed by atoms with Crippen LogP contribution in [-0.4, -0.2) is 15.0 Å². The van der Waals surface area contributed by atoms with E-state index in [1.54, 1.807) is 0 Å². The maximum absolute atomic E-state index is 6.71. The fourth-order valence-electron chi connectivity index (χ4n) is 7.01. The predicted molar refractivity (Wildman–Crippen MR) is 202 cm³/mol. The van der Waals surface area contributed by atoms with Gasteiger partial charge in [-0.1, -0.05) is 97.1 Å². The highest BCUT2D eigenvalue weighted by molar-refractivity contribution is 6.17. The van der Waals surface area contributed by atoms with Crippen LogP contribution >= 0.6 is 0 Å². The molecule has 4 aromatic heterocycles. The Morgan fingerprint density at radius 2 is 1.04 bits per heavy atom. The number of fused-ring (bicyclic) bond motifs is 6. The Hall–Kier alpha value is -6.85. The maximum Gasteiger partial charge on any atom is 0.164 e. The van der Waals surface area contributed by atoms with E-state index >= 15 is 0 Å². The molecule has 0 saturated carbocycles. The standard InChI is InChI=1S/C45H27N3O2/c1-2-9-29(10-3-1)38-27-39(32-12-8-11-30(25-32)28-21-23-46-24-22-28)48-45(47-38)36-19-18-33(43-35-14-5-7-16-41(35)50-44(36)43)31-17-20-42-37(26-31)34-13-4-6-15-40(34)49-42/h1-27H. The van der Waals surface area contributed by atoms with Crippen molar-refractivity contribution in [2.45, 2.75) is 0 Å². The van der Waals surface area contributed by atoms with Gasteiger partial charge in [0, 0.05) is 45.1 Å². The largest absolute Gasteiger partial charge is 0.456 e. The molecule has 50 heavy (non-hydrogen) atoms. The molecule has 0 aliphatic carbocycles. The van der Waals surface area contributed by atoms with Gasteiger partial charge in [-0.15, -0.1) is 0 Å². The highest BCUT2D eigenvalue weighted by Crippen LogP contribution is 2.43. The highest BCUT2D eigenvalue weighted by atomic mass is 16.3. The Morgan fingerprint density at radius 3 is 1.88 bits per heavy atom. The van der Waals surface area contributed by atoms with E-state index in [4.69, 9.17) is 18.8 Å². The first-order valence-corrected chi connectivity index (χ1v) is 16.6. The summed E-state index contributed by atoms with van der Waals surface area (Å²) in [6.45, 7) is 0. The number of hydrogen-bond acceptors (Lipinski definition) is 5. The van der Waals surface area contributed by atoms with Crippen molar-refractivity contribution in [3.63, 3.8) is 0 Å². The lowest BCUT2D eigenvalue weighted by atomic mass is 9.95. The summed E-state index contributed by atoms with van der Waals surface area (Å²) in [5, 5.41) is 4.25. The number of pyridine rings is 1. The van der Waals surface area contributed by atoms with Crippen molar-refractivity contribution in [1.82, 2.24) is 15.0 Å². The number of nitrogens with zero attached hydrogens (tertiary/aromatic N) is 3. The lowest BCUT2D eigenvalue weighted by molar-refractivity contribution is 0.669. The summed E-state index contributed by atoms with van der Waals surface area (Å²) in [4.78, 5) is 14.6. The van der Waals surface area contributed by atoms with Crippen molar-refractivity contribution >= 4 is 43.9 Å². The lowest BCUT2D eigenvalue weighted by Crippen LogP contribution is -1.97. The second-order valence-corrected chi connectivity index (χ2v) is 12.4. The second kappa shape index (κ2) is 11.4. The van der Waals surface area contributed by atoms with Gasteiger partial charge >= 0.3 is 0 Å². The third-order valence-corrected chi connectivity index (χ3v) is 9.42. The molecule has 0 spiro atoms. The first-order valence-electron chi connectivity index (χ1n) is 16.6. The monoisotopic (exact) mass is 641 g/mol. The molecule has 6 aromatic carbocycles. The van der Waals surface area contributed by atoms with Crippen LogP contribution in [0.4, 0.5) is 0 Å². The summed E-state index contributed by atoms with van der Waals surface area (Å²) in [5.74, 6) is 0.600. The van der Waals surface area contributed by atoms with Crippen molar-refractivity contribution < 1.29 is 8.83 Å². The zero-order valence-corrected chi connectivity index (χ0v) is 26.7. The Balaban J connectivity index is 1.20. The number of para-hydroxylation sites is 2. The van der Waals surface area contributed by atoms with Gasteiger partial charge in [-0.05, 0) is 76.9 Å². The summed E-state index contributed by atoms with van der Waals surface area (Å²) in [6, 6.07) is 51.9. The zero-order chi connectivity index (χ0) is 33.0. The first-order chi connectivity index (χ1) is 24.8. The Kier molecular flexibility index (Phi) is 6.42. The van der Waals surface area contributed by atoms with E-state index in [2.05, 4.69) is 96.0 Å². The molecule has 0 aliphatic rings. The third-order valence-electron chi connectivity index (χ3n) is 9.42. The maximum atomic E-state index is 6.71. The van der Waals surface area contributed by atoms with Gasteiger partial charge in [0.05, 0.1) is 17.0 Å². The van der Waals surface area contributed by atoms with Crippen LogP contribution in [0, 0.1) is 0 Å². The molecule has 0 aliphatic heterocycles. The van der Waals surface area contributed by atoms with Gasteiger partial charge in [-0.25, -0.2) is 9.97 Å². The van der Waals surface area contributed by atoms with E-state index in [1.807, 2.05) is 73.1 Å². The molecule has 0 fully saturated rings.